The van der Waals surface area contributed by atoms with E-state index in [0.717, 1.165) is 6.54 Å². The Bertz CT molecular complexity index is 474. The topological polar surface area (TPSA) is 12.0 Å². The SMILES string of the molecule is Cc1ccc(CN[C@H](C)c2cccs2)c(C)c1. The molecule has 0 fully saturated rings. The number of aryl methyl sites for hydroxylation is 2. The van der Waals surface area contributed by atoms with E-state index in [-0.39, 0.29) is 0 Å². The summed E-state index contributed by atoms with van der Waals surface area (Å²) < 4.78 is 0. The van der Waals surface area contributed by atoms with E-state index in [0.29, 0.717) is 6.04 Å². The molecule has 17 heavy (non-hydrogen) atoms. The minimum absolute atomic E-state index is 0.427. The summed E-state index contributed by atoms with van der Waals surface area (Å²) in [6.45, 7) is 7.47. The molecular formula is C15H19NS. The monoisotopic (exact) mass is 245 g/mol. The van der Waals surface area contributed by atoms with Gasteiger partial charge in [-0.3, -0.25) is 0 Å². The molecule has 1 aromatic carbocycles. The van der Waals surface area contributed by atoms with Crippen LogP contribution in [0.15, 0.2) is 35.7 Å². The third kappa shape index (κ3) is 3.18. The molecule has 1 aromatic heterocycles. The van der Waals surface area contributed by atoms with Gasteiger partial charge in [0, 0.05) is 17.5 Å². The van der Waals surface area contributed by atoms with E-state index in [1.54, 1.807) is 0 Å². The highest BCUT2D eigenvalue weighted by Crippen LogP contribution is 2.19. The van der Waals surface area contributed by atoms with Gasteiger partial charge in [-0.05, 0) is 43.3 Å². The molecule has 2 aromatic rings. The van der Waals surface area contributed by atoms with Gasteiger partial charge in [-0.1, -0.05) is 29.8 Å². The smallest absolute Gasteiger partial charge is 0.0388 e. The molecule has 0 aliphatic rings. The number of hydrogen-bond acceptors (Lipinski definition) is 2. The van der Waals surface area contributed by atoms with Gasteiger partial charge in [-0.25, -0.2) is 0 Å². The summed E-state index contributed by atoms with van der Waals surface area (Å²) in [6, 6.07) is 11.4. The van der Waals surface area contributed by atoms with Crippen molar-refractivity contribution in [3.05, 3.63) is 57.3 Å². The lowest BCUT2D eigenvalue weighted by Crippen LogP contribution is -2.17. The Balaban J connectivity index is 1.98. The molecule has 0 radical (unpaired) electrons. The van der Waals surface area contributed by atoms with E-state index in [1.807, 2.05) is 11.3 Å². The molecular weight excluding hydrogens is 226 g/mol. The van der Waals surface area contributed by atoms with Gasteiger partial charge in [-0.2, -0.15) is 0 Å². The van der Waals surface area contributed by atoms with Crippen molar-refractivity contribution in [3.8, 4) is 0 Å². The summed E-state index contributed by atoms with van der Waals surface area (Å²) in [5.74, 6) is 0. The molecule has 0 saturated heterocycles. The fourth-order valence-corrected chi connectivity index (χ4v) is 2.70. The second-order valence-electron chi connectivity index (χ2n) is 4.55. The maximum absolute atomic E-state index is 3.57. The minimum atomic E-state index is 0.427. The third-order valence-electron chi connectivity index (χ3n) is 3.07. The van der Waals surface area contributed by atoms with E-state index in [1.165, 1.54) is 21.6 Å². The fraction of sp³-hybridized carbons (Fsp3) is 0.333. The molecule has 90 valence electrons. The summed E-state index contributed by atoms with van der Waals surface area (Å²) in [4.78, 5) is 1.40. The van der Waals surface area contributed by atoms with Crippen LogP contribution in [0.3, 0.4) is 0 Å². The summed E-state index contributed by atoms with van der Waals surface area (Å²) in [5.41, 5.74) is 4.09. The van der Waals surface area contributed by atoms with Crippen molar-refractivity contribution in [3.63, 3.8) is 0 Å². The molecule has 0 bridgehead atoms. The maximum atomic E-state index is 3.57. The average Bonchev–Trinajstić information content (AvgIpc) is 2.81. The van der Waals surface area contributed by atoms with Crippen molar-refractivity contribution >= 4 is 11.3 Å². The van der Waals surface area contributed by atoms with Crippen molar-refractivity contribution in [1.29, 1.82) is 0 Å². The van der Waals surface area contributed by atoms with Gasteiger partial charge < -0.3 is 5.32 Å². The molecule has 0 amide bonds. The van der Waals surface area contributed by atoms with Crippen LogP contribution < -0.4 is 5.32 Å². The van der Waals surface area contributed by atoms with Crippen LogP contribution in [-0.4, -0.2) is 0 Å². The Morgan fingerprint density at radius 1 is 1.24 bits per heavy atom. The van der Waals surface area contributed by atoms with Gasteiger partial charge >= 0.3 is 0 Å². The number of benzene rings is 1. The highest BCUT2D eigenvalue weighted by Gasteiger charge is 2.06. The zero-order chi connectivity index (χ0) is 12.3. The Hall–Kier alpha value is -1.12. The van der Waals surface area contributed by atoms with Gasteiger partial charge in [0.25, 0.3) is 0 Å². The molecule has 1 nitrogen and oxygen atoms in total. The Morgan fingerprint density at radius 3 is 2.71 bits per heavy atom. The predicted molar refractivity (Wildman–Crippen MR) is 75.5 cm³/mol. The van der Waals surface area contributed by atoms with Gasteiger partial charge in [-0.15, -0.1) is 11.3 Å². The van der Waals surface area contributed by atoms with Crippen LogP contribution in [0.2, 0.25) is 0 Å². The van der Waals surface area contributed by atoms with E-state index in [9.17, 15) is 0 Å². The van der Waals surface area contributed by atoms with Crippen molar-refractivity contribution in [1.82, 2.24) is 5.32 Å². The summed E-state index contributed by atoms with van der Waals surface area (Å²) >= 11 is 1.81. The quantitative estimate of drug-likeness (QED) is 0.850. The lowest BCUT2D eigenvalue weighted by atomic mass is 10.1. The second kappa shape index (κ2) is 5.48. The molecule has 2 rings (SSSR count). The second-order valence-corrected chi connectivity index (χ2v) is 5.53. The van der Waals surface area contributed by atoms with Crippen LogP contribution in [0.5, 0.6) is 0 Å². The number of nitrogens with one attached hydrogen (secondary N) is 1. The van der Waals surface area contributed by atoms with Crippen molar-refractivity contribution < 1.29 is 0 Å². The zero-order valence-corrected chi connectivity index (χ0v) is 11.5. The van der Waals surface area contributed by atoms with Gasteiger partial charge in [0.05, 0.1) is 0 Å². The van der Waals surface area contributed by atoms with Crippen molar-refractivity contribution in [2.75, 3.05) is 0 Å². The lowest BCUT2D eigenvalue weighted by Gasteiger charge is -2.13. The molecule has 2 heteroatoms. The third-order valence-corrected chi connectivity index (χ3v) is 4.12. The van der Waals surface area contributed by atoms with E-state index in [2.05, 4.69) is 61.8 Å². The Labute approximate surface area is 108 Å². The average molecular weight is 245 g/mol. The van der Waals surface area contributed by atoms with E-state index < -0.39 is 0 Å². The summed E-state index contributed by atoms with van der Waals surface area (Å²) in [6.07, 6.45) is 0. The summed E-state index contributed by atoms with van der Waals surface area (Å²) in [5, 5.41) is 5.70. The number of hydrogen-bond donors (Lipinski definition) is 1. The Kier molecular flexibility index (Phi) is 3.97. The number of thiophene rings is 1. The van der Waals surface area contributed by atoms with Gasteiger partial charge in [0.2, 0.25) is 0 Å². The summed E-state index contributed by atoms with van der Waals surface area (Å²) in [7, 11) is 0. The van der Waals surface area contributed by atoms with Crippen LogP contribution in [0.4, 0.5) is 0 Å². The molecule has 1 N–H and O–H groups in total. The van der Waals surface area contributed by atoms with Crippen molar-refractivity contribution in [2.45, 2.75) is 33.4 Å². The molecule has 1 heterocycles. The van der Waals surface area contributed by atoms with Crippen molar-refractivity contribution in [2.24, 2.45) is 0 Å². The molecule has 0 aliphatic carbocycles. The van der Waals surface area contributed by atoms with Crippen LogP contribution in [0.25, 0.3) is 0 Å². The first-order chi connectivity index (χ1) is 8.16. The molecule has 1 atom stereocenters. The Morgan fingerprint density at radius 2 is 2.06 bits per heavy atom. The highest BCUT2D eigenvalue weighted by molar-refractivity contribution is 7.10. The number of rotatable bonds is 4. The molecule has 0 saturated carbocycles. The first kappa shape index (κ1) is 12.3. The largest absolute Gasteiger partial charge is 0.305 e. The van der Waals surface area contributed by atoms with Crippen LogP contribution in [-0.2, 0) is 6.54 Å². The highest BCUT2D eigenvalue weighted by atomic mass is 32.1. The maximum Gasteiger partial charge on any atom is 0.0388 e. The lowest BCUT2D eigenvalue weighted by molar-refractivity contribution is 0.581. The van der Waals surface area contributed by atoms with E-state index >= 15 is 0 Å². The predicted octanol–water partition coefficient (Wildman–Crippen LogP) is 4.22. The first-order valence-corrected chi connectivity index (χ1v) is 6.87. The van der Waals surface area contributed by atoms with Crippen LogP contribution in [0.1, 0.15) is 34.5 Å². The van der Waals surface area contributed by atoms with Crippen LogP contribution in [0, 0.1) is 13.8 Å². The molecule has 0 unspecified atom stereocenters. The van der Waals surface area contributed by atoms with Gasteiger partial charge in [0.1, 0.15) is 0 Å². The fourth-order valence-electron chi connectivity index (χ4n) is 1.95. The minimum Gasteiger partial charge on any atom is -0.305 e. The van der Waals surface area contributed by atoms with Crippen LogP contribution >= 0.6 is 11.3 Å². The molecule has 0 aliphatic heterocycles. The van der Waals surface area contributed by atoms with Gasteiger partial charge in [0.15, 0.2) is 0 Å². The standard InChI is InChI=1S/C15H19NS/c1-11-6-7-14(12(2)9-11)10-16-13(3)15-5-4-8-17-15/h4-9,13,16H,10H2,1-3H3/t13-/m1/s1. The zero-order valence-electron chi connectivity index (χ0n) is 10.7. The normalized spacial score (nSPS) is 12.6. The molecule has 0 spiro atoms. The first-order valence-electron chi connectivity index (χ1n) is 6.00. The van der Waals surface area contributed by atoms with E-state index in [4.69, 9.17) is 0 Å².